The molecule has 1 heterocycles. The number of halogens is 1. The highest BCUT2D eigenvalue weighted by molar-refractivity contribution is 5.92. The summed E-state index contributed by atoms with van der Waals surface area (Å²) in [4.78, 5) is 24.8. The fourth-order valence-corrected chi connectivity index (χ4v) is 2.61. The summed E-state index contributed by atoms with van der Waals surface area (Å²) < 4.78 is 13.4. The maximum atomic E-state index is 13.4. The van der Waals surface area contributed by atoms with E-state index in [0.717, 1.165) is 0 Å². The molecule has 1 amide bonds. The summed E-state index contributed by atoms with van der Waals surface area (Å²) in [6.07, 6.45) is 0.545. The van der Waals surface area contributed by atoms with Crippen molar-refractivity contribution >= 4 is 17.6 Å². The lowest BCUT2D eigenvalue weighted by atomic mass is 10.0. The average Bonchev–Trinajstić information content (AvgIpc) is 2.75. The highest BCUT2D eigenvalue weighted by atomic mass is 19.1. The number of anilines is 1. The van der Waals surface area contributed by atoms with E-state index in [1.54, 1.807) is 19.1 Å². The Labute approximate surface area is 122 Å². The molecule has 5 nitrogen and oxygen atoms in total. The first-order valence-corrected chi connectivity index (χ1v) is 6.91. The van der Waals surface area contributed by atoms with Crippen molar-refractivity contribution in [3.8, 4) is 0 Å². The fraction of sp³-hybridized carbons (Fsp3) is 0.467. The van der Waals surface area contributed by atoms with Crippen molar-refractivity contribution in [1.29, 1.82) is 0 Å². The van der Waals surface area contributed by atoms with E-state index in [0.29, 0.717) is 24.2 Å². The summed E-state index contributed by atoms with van der Waals surface area (Å²) in [6, 6.07) is 4.34. The standard InChI is InChI=1S/C15H19FN2O3/c1-9-3-4-11(7-13(9)16)17-14(19)8-18-6-5-12(10(18)2)15(20)21/h3-4,7,10,12H,5-6,8H2,1-2H3,(H,17,19)(H,20,21). The molecule has 2 unspecified atom stereocenters. The monoisotopic (exact) mass is 294 g/mol. The first-order chi connectivity index (χ1) is 9.88. The summed E-state index contributed by atoms with van der Waals surface area (Å²) in [5.41, 5.74) is 0.926. The maximum Gasteiger partial charge on any atom is 0.308 e. The minimum absolute atomic E-state index is 0.112. The number of hydrogen-bond acceptors (Lipinski definition) is 3. The van der Waals surface area contributed by atoms with E-state index in [2.05, 4.69) is 5.32 Å². The maximum absolute atomic E-state index is 13.4. The van der Waals surface area contributed by atoms with E-state index >= 15 is 0 Å². The fourth-order valence-electron chi connectivity index (χ4n) is 2.61. The second-order valence-electron chi connectivity index (χ2n) is 5.46. The zero-order valence-corrected chi connectivity index (χ0v) is 12.1. The van der Waals surface area contributed by atoms with Crippen LogP contribution in [0.2, 0.25) is 0 Å². The largest absolute Gasteiger partial charge is 0.481 e. The summed E-state index contributed by atoms with van der Waals surface area (Å²) in [6.45, 7) is 4.15. The van der Waals surface area contributed by atoms with Crippen LogP contribution in [0, 0.1) is 18.7 Å². The van der Waals surface area contributed by atoms with Crippen LogP contribution in [0.5, 0.6) is 0 Å². The van der Waals surface area contributed by atoms with Gasteiger partial charge in [-0.15, -0.1) is 0 Å². The number of likely N-dealkylation sites (tertiary alicyclic amines) is 1. The molecule has 0 saturated carbocycles. The molecule has 0 radical (unpaired) electrons. The van der Waals surface area contributed by atoms with Crippen molar-refractivity contribution in [2.75, 3.05) is 18.4 Å². The topological polar surface area (TPSA) is 69.6 Å². The number of carbonyl (C=O) groups excluding carboxylic acids is 1. The lowest BCUT2D eigenvalue weighted by molar-refractivity contribution is -0.142. The van der Waals surface area contributed by atoms with Gasteiger partial charge in [-0.1, -0.05) is 6.07 Å². The van der Waals surface area contributed by atoms with Crippen LogP contribution >= 0.6 is 0 Å². The Kier molecular flexibility index (Phi) is 4.57. The van der Waals surface area contributed by atoms with Crippen LogP contribution in [0.1, 0.15) is 18.9 Å². The average molecular weight is 294 g/mol. The molecule has 1 aliphatic rings. The second-order valence-corrected chi connectivity index (χ2v) is 5.46. The van der Waals surface area contributed by atoms with Crippen LogP contribution in [-0.2, 0) is 9.59 Å². The van der Waals surface area contributed by atoms with Gasteiger partial charge in [0.05, 0.1) is 12.5 Å². The van der Waals surface area contributed by atoms with Gasteiger partial charge in [0.1, 0.15) is 5.82 Å². The van der Waals surface area contributed by atoms with E-state index in [1.165, 1.54) is 6.07 Å². The van der Waals surface area contributed by atoms with Crippen molar-refractivity contribution < 1.29 is 19.1 Å². The van der Waals surface area contributed by atoms with Crippen molar-refractivity contribution in [2.24, 2.45) is 5.92 Å². The van der Waals surface area contributed by atoms with Gasteiger partial charge in [-0.05, 0) is 44.5 Å². The van der Waals surface area contributed by atoms with E-state index in [-0.39, 0.29) is 24.3 Å². The van der Waals surface area contributed by atoms with Gasteiger partial charge in [0.2, 0.25) is 5.91 Å². The predicted octanol–water partition coefficient (Wildman–Crippen LogP) is 1.87. The molecule has 1 saturated heterocycles. The van der Waals surface area contributed by atoms with Crippen molar-refractivity contribution in [3.63, 3.8) is 0 Å². The normalized spacial score (nSPS) is 22.2. The molecule has 114 valence electrons. The van der Waals surface area contributed by atoms with Crippen LogP contribution in [0.15, 0.2) is 18.2 Å². The molecule has 2 N–H and O–H groups in total. The minimum atomic E-state index is -0.828. The van der Waals surface area contributed by atoms with Gasteiger partial charge in [-0.3, -0.25) is 14.5 Å². The molecule has 1 fully saturated rings. The zero-order chi connectivity index (χ0) is 15.6. The molecular formula is C15H19FN2O3. The molecular weight excluding hydrogens is 275 g/mol. The van der Waals surface area contributed by atoms with Crippen LogP contribution in [0.25, 0.3) is 0 Å². The van der Waals surface area contributed by atoms with Gasteiger partial charge < -0.3 is 10.4 Å². The predicted molar refractivity (Wildman–Crippen MR) is 76.5 cm³/mol. The SMILES string of the molecule is Cc1ccc(NC(=O)CN2CCC(C(=O)O)C2C)cc1F. The lowest BCUT2D eigenvalue weighted by Crippen LogP contribution is -2.38. The van der Waals surface area contributed by atoms with Crippen LogP contribution in [0.3, 0.4) is 0 Å². The van der Waals surface area contributed by atoms with E-state index in [4.69, 9.17) is 5.11 Å². The lowest BCUT2D eigenvalue weighted by Gasteiger charge is -2.22. The number of carboxylic acids is 1. The Morgan fingerprint density at radius 2 is 2.19 bits per heavy atom. The Morgan fingerprint density at radius 1 is 1.48 bits per heavy atom. The number of aliphatic carboxylic acids is 1. The Bertz CT molecular complexity index is 562. The molecule has 1 aromatic carbocycles. The molecule has 1 aliphatic heterocycles. The number of benzene rings is 1. The van der Waals surface area contributed by atoms with Gasteiger partial charge >= 0.3 is 5.97 Å². The molecule has 6 heteroatoms. The number of hydrogen-bond donors (Lipinski definition) is 2. The molecule has 1 aromatic rings. The molecule has 0 aromatic heterocycles. The zero-order valence-electron chi connectivity index (χ0n) is 12.1. The van der Waals surface area contributed by atoms with Crippen LogP contribution in [-0.4, -0.2) is 41.0 Å². The quantitative estimate of drug-likeness (QED) is 0.889. The molecule has 0 spiro atoms. The van der Waals surface area contributed by atoms with Gasteiger partial charge in [0.15, 0.2) is 0 Å². The first-order valence-electron chi connectivity index (χ1n) is 6.91. The second kappa shape index (κ2) is 6.22. The van der Waals surface area contributed by atoms with E-state index < -0.39 is 11.9 Å². The number of amides is 1. The number of nitrogens with zero attached hydrogens (tertiary/aromatic N) is 1. The smallest absolute Gasteiger partial charge is 0.308 e. The molecule has 0 aliphatic carbocycles. The molecule has 2 atom stereocenters. The van der Waals surface area contributed by atoms with Gasteiger partial charge in [0, 0.05) is 11.7 Å². The molecule has 21 heavy (non-hydrogen) atoms. The highest BCUT2D eigenvalue weighted by Crippen LogP contribution is 2.24. The molecule has 0 bridgehead atoms. The Balaban J connectivity index is 1.93. The third-order valence-electron chi connectivity index (χ3n) is 4.01. The van der Waals surface area contributed by atoms with Crippen molar-refractivity contribution in [3.05, 3.63) is 29.6 Å². The number of carboxylic acid groups (broad SMARTS) is 1. The van der Waals surface area contributed by atoms with Crippen molar-refractivity contribution in [1.82, 2.24) is 4.90 Å². The number of nitrogens with one attached hydrogen (secondary N) is 1. The van der Waals surface area contributed by atoms with Crippen LogP contribution < -0.4 is 5.32 Å². The Hall–Kier alpha value is -1.95. The van der Waals surface area contributed by atoms with Crippen LogP contribution in [0.4, 0.5) is 10.1 Å². The number of aryl methyl sites for hydroxylation is 1. The summed E-state index contributed by atoms with van der Waals surface area (Å²) in [7, 11) is 0. The van der Waals surface area contributed by atoms with E-state index in [9.17, 15) is 14.0 Å². The highest BCUT2D eigenvalue weighted by Gasteiger charge is 2.36. The third-order valence-corrected chi connectivity index (χ3v) is 4.01. The van der Waals surface area contributed by atoms with Crippen molar-refractivity contribution in [2.45, 2.75) is 26.3 Å². The van der Waals surface area contributed by atoms with E-state index in [1.807, 2.05) is 11.8 Å². The summed E-state index contributed by atoms with van der Waals surface area (Å²) in [5.74, 6) is -1.90. The summed E-state index contributed by atoms with van der Waals surface area (Å²) >= 11 is 0. The number of rotatable bonds is 4. The first kappa shape index (κ1) is 15.4. The third kappa shape index (κ3) is 3.58. The minimum Gasteiger partial charge on any atom is -0.481 e. The van der Waals surface area contributed by atoms with Gasteiger partial charge in [0.25, 0.3) is 0 Å². The summed E-state index contributed by atoms with van der Waals surface area (Å²) in [5, 5.41) is 11.7. The molecule has 2 rings (SSSR count). The van der Waals surface area contributed by atoms with Gasteiger partial charge in [-0.25, -0.2) is 4.39 Å². The Morgan fingerprint density at radius 3 is 2.76 bits per heavy atom. The number of carbonyl (C=O) groups is 2. The van der Waals surface area contributed by atoms with Gasteiger partial charge in [-0.2, -0.15) is 0 Å².